The van der Waals surface area contributed by atoms with Gasteiger partial charge in [0.25, 0.3) is 5.91 Å². The summed E-state index contributed by atoms with van der Waals surface area (Å²) in [5, 5.41) is 3.40. The first-order valence-electron chi connectivity index (χ1n) is 10.0. The molecule has 2 aromatic heterocycles. The number of pyridine rings is 1. The molecule has 2 heterocycles. The highest BCUT2D eigenvalue weighted by atomic mass is 32.2. The van der Waals surface area contributed by atoms with Crippen molar-refractivity contribution < 1.29 is 13.2 Å². The maximum atomic E-state index is 13.4. The number of hydrogen-bond acceptors (Lipinski definition) is 5. The molecule has 0 spiro atoms. The Morgan fingerprint density at radius 1 is 0.969 bits per heavy atom. The van der Waals surface area contributed by atoms with Gasteiger partial charge in [-0.15, -0.1) is 0 Å². The number of aryl methyl sites for hydroxylation is 1. The van der Waals surface area contributed by atoms with Gasteiger partial charge in [0, 0.05) is 31.2 Å². The molecule has 1 N–H and O–H groups in total. The Morgan fingerprint density at radius 2 is 1.59 bits per heavy atom. The predicted octanol–water partition coefficient (Wildman–Crippen LogP) is 3.53. The van der Waals surface area contributed by atoms with Crippen molar-refractivity contribution >= 4 is 15.9 Å². The minimum Gasteiger partial charge on any atom is -0.274 e. The summed E-state index contributed by atoms with van der Waals surface area (Å²) in [6.07, 6.45) is 4.93. The average molecular weight is 447 g/mol. The lowest BCUT2D eigenvalue weighted by Gasteiger charge is -2.19. The van der Waals surface area contributed by atoms with Gasteiger partial charge in [0.05, 0.1) is 5.56 Å². The zero-order valence-electron chi connectivity index (χ0n) is 17.4. The minimum atomic E-state index is -4.06. The summed E-state index contributed by atoms with van der Waals surface area (Å²) >= 11 is 0. The quantitative estimate of drug-likeness (QED) is 0.469. The van der Waals surface area contributed by atoms with E-state index in [1.54, 1.807) is 55.8 Å². The maximum Gasteiger partial charge on any atom is 0.268 e. The van der Waals surface area contributed by atoms with Crippen LogP contribution in [0.1, 0.15) is 26.7 Å². The topological polar surface area (TPSA) is 94.0 Å². The molecule has 0 saturated heterocycles. The smallest absolute Gasteiger partial charge is 0.268 e. The molecular weight excluding hydrogens is 424 g/mol. The molecule has 2 aromatic carbocycles. The lowest BCUT2D eigenvalue weighted by molar-refractivity contribution is 0.0981. The number of nitrogens with one attached hydrogen (secondary N) is 1. The predicted molar refractivity (Wildman–Crippen MR) is 122 cm³/mol. The van der Waals surface area contributed by atoms with Crippen LogP contribution in [0.4, 0.5) is 0 Å². The van der Waals surface area contributed by atoms with E-state index in [-0.39, 0.29) is 12.0 Å². The van der Waals surface area contributed by atoms with Crippen molar-refractivity contribution in [1.29, 1.82) is 0 Å². The Hall–Kier alpha value is -3.78. The van der Waals surface area contributed by atoms with Gasteiger partial charge in [0.15, 0.2) is 0 Å². The summed E-state index contributed by atoms with van der Waals surface area (Å²) in [4.78, 5) is 17.1. The van der Waals surface area contributed by atoms with Gasteiger partial charge in [-0.2, -0.15) is 5.10 Å². The second-order valence-electron chi connectivity index (χ2n) is 7.37. The van der Waals surface area contributed by atoms with E-state index in [1.807, 2.05) is 36.4 Å². The summed E-state index contributed by atoms with van der Waals surface area (Å²) in [5.41, 5.74) is 2.71. The van der Waals surface area contributed by atoms with Crippen LogP contribution in [0.15, 0.2) is 91.4 Å². The van der Waals surface area contributed by atoms with Crippen molar-refractivity contribution in [2.24, 2.45) is 7.05 Å². The largest absolute Gasteiger partial charge is 0.274 e. The van der Waals surface area contributed by atoms with Gasteiger partial charge in [-0.3, -0.25) is 14.5 Å². The molecule has 0 fully saturated rings. The second-order valence-corrected chi connectivity index (χ2v) is 9.23. The number of hydrogen-bond donors (Lipinski definition) is 1. The van der Waals surface area contributed by atoms with Gasteiger partial charge in [-0.05, 0) is 29.7 Å². The van der Waals surface area contributed by atoms with Crippen molar-refractivity contribution in [1.82, 2.24) is 19.5 Å². The zero-order chi connectivity index (χ0) is 22.6. The lowest BCUT2D eigenvalue weighted by atomic mass is 10.0. The van der Waals surface area contributed by atoms with Crippen LogP contribution in [0.5, 0.6) is 0 Å². The third-order valence-corrected chi connectivity index (χ3v) is 6.73. The van der Waals surface area contributed by atoms with E-state index in [9.17, 15) is 13.2 Å². The lowest BCUT2D eigenvalue weighted by Crippen LogP contribution is -2.35. The Balaban J connectivity index is 1.67. The number of sulfonamides is 1. The molecule has 7 nitrogen and oxygen atoms in total. The molecule has 4 rings (SSSR count). The number of carbonyl (C=O) groups excluding carboxylic acids is 1. The molecule has 0 aliphatic heterocycles. The van der Waals surface area contributed by atoms with E-state index in [4.69, 9.17) is 0 Å². The van der Waals surface area contributed by atoms with Crippen LogP contribution in [-0.4, -0.2) is 29.1 Å². The number of aromatic nitrogens is 3. The zero-order valence-corrected chi connectivity index (χ0v) is 18.2. The third-order valence-electron chi connectivity index (χ3n) is 5.07. The van der Waals surface area contributed by atoms with Crippen LogP contribution in [0.2, 0.25) is 0 Å². The first kappa shape index (κ1) is 21.5. The minimum absolute atomic E-state index is 0.175. The summed E-state index contributed by atoms with van der Waals surface area (Å²) in [6.45, 7) is 0. The summed E-state index contributed by atoms with van der Waals surface area (Å²) in [6, 6.07) is 21.7. The van der Waals surface area contributed by atoms with Gasteiger partial charge in [0.1, 0.15) is 10.9 Å². The van der Waals surface area contributed by atoms with E-state index in [0.29, 0.717) is 16.8 Å². The van der Waals surface area contributed by atoms with E-state index in [1.165, 1.54) is 10.9 Å². The Labute approximate surface area is 186 Å². The fourth-order valence-electron chi connectivity index (χ4n) is 3.54. The molecule has 1 unspecified atom stereocenters. The van der Waals surface area contributed by atoms with Crippen molar-refractivity contribution in [3.05, 3.63) is 108 Å². The highest BCUT2D eigenvalue weighted by Crippen LogP contribution is 2.27. The maximum absolute atomic E-state index is 13.4. The number of rotatable bonds is 7. The Bertz CT molecular complexity index is 1310. The van der Waals surface area contributed by atoms with E-state index >= 15 is 0 Å². The monoisotopic (exact) mass is 446 g/mol. The van der Waals surface area contributed by atoms with Crippen molar-refractivity contribution in [3.63, 3.8) is 0 Å². The standard InChI is InChI=1S/C24H22N4O3S/c1-28-17-21(23(26-28)20-12-14-25-15-13-20)24(29)27-32(30,31)22(19-10-6-3-7-11-19)16-18-8-4-2-5-9-18/h2-15,17,22H,16H2,1H3,(H,27,29). The normalized spacial score (nSPS) is 12.3. The Morgan fingerprint density at radius 3 is 2.25 bits per heavy atom. The van der Waals surface area contributed by atoms with Crippen molar-refractivity contribution in [2.45, 2.75) is 11.7 Å². The fraction of sp³-hybridized carbons (Fsp3) is 0.125. The molecular formula is C24H22N4O3S. The van der Waals surface area contributed by atoms with Crippen LogP contribution in [0.25, 0.3) is 11.3 Å². The first-order valence-corrected chi connectivity index (χ1v) is 11.6. The molecule has 8 heteroatoms. The van der Waals surface area contributed by atoms with Crippen LogP contribution in [0.3, 0.4) is 0 Å². The second kappa shape index (κ2) is 9.15. The molecule has 1 amide bonds. The van der Waals surface area contributed by atoms with Crippen molar-refractivity contribution in [3.8, 4) is 11.3 Å². The van der Waals surface area contributed by atoms with Crippen LogP contribution < -0.4 is 4.72 Å². The highest BCUT2D eigenvalue weighted by Gasteiger charge is 2.31. The van der Waals surface area contributed by atoms with Crippen LogP contribution in [0, 0.1) is 0 Å². The number of carbonyl (C=O) groups is 1. The third kappa shape index (κ3) is 4.76. The molecule has 0 aliphatic carbocycles. The first-order chi connectivity index (χ1) is 15.4. The fourth-order valence-corrected chi connectivity index (χ4v) is 4.97. The number of nitrogens with zero attached hydrogens (tertiary/aromatic N) is 3. The molecule has 162 valence electrons. The summed E-state index contributed by atoms with van der Waals surface area (Å²) < 4.78 is 30.6. The molecule has 0 radical (unpaired) electrons. The van der Waals surface area contributed by atoms with Gasteiger partial charge < -0.3 is 0 Å². The molecule has 0 aliphatic rings. The molecule has 0 bridgehead atoms. The van der Waals surface area contributed by atoms with Gasteiger partial charge >= 0.3 is 0 Å². The number of benzene rings is 2. The molecule has 4 aromatic rings. The SMILES string of the molecule is Cn1cc(C(=O)NS(=O)(=O)C(Cc2ccccc2)c2ccccc2)c(-c2ccncc2)n1. The van der Waals surface area contributed by atoms with E-state index < -0.39 is 21.2 Å². The van der Waals surface area contributed by atoms with Crippen LogP contribution >= 0.6 is 0 Å². The highest BCUT2D eigenvalue weighted by molar-refractivity contribution is 7.90. The average Bonchev–Trinajstić information content (AvgIpc) is 3.21. The van der Waals surface area contributed by atoms with E-state index in [2.05, 4.69) is 14.8 Å². The molecule has 0 saturated carbocycles. The molecule has 32 heavy (non-hydrogen) atoms. The Kier molecular flexibility index (Phi) is 6.13. The van der Waals surface area contributed by atoms with Gasteiger partial charge in [-0.1, -0.05) is 60.7 Å². The van der Waals surface area contributed by atoms with E-state index in [0.717, 1.165) is 5.56 Å². The number of amides is 1. The summed E-state index contributed by atoms with van der Waals surface area (Å²) in [5.74, 6) is -0.723. The van der Waals surface area contributed by atoms with Crippen LogP contribution in [-0.2, 0) is 23.5 Å². The van der Waals surface area contributed by atoms with Crippen molar-refractivity contribution in [2.75, 3.05) is 0 Å². The van der Waals surface area contributed by atoms with Gasteiger partial charge in [0.2, 0.25) is 10.0 Å². The molecule has 1 atom stereocenters. The van der Waals surface area contributed by atoms with Gasteiger partial charge in [-0.25, -0.2) is 13.1 Å². The summed E-state index contributed by atoms with van der Waals surface area (Å²) in [7, 11) is -2.38.